The van der Waals surface area contributed by atoms with Crippen LogP contribution >= 0.6 is 22.7 Å². The highest BCUT2D eigenvalue weighted by Gasteiger charge is 2.12. The van der Waals surface area contributed by atoms with Gasteiger partial charge in [0.05, 0.1) is 11.4 Å². The summed E-state index contributed by atoms with van der Waals surface area (Å²) in [5.41, 5.74) is 0. The molecule has 18 heavy (non-hydrogen) atoms. The lowest BCUT2D eigenvalue weighted by Crippen LogP contribution is -2.07. The molecule has 0 aliphatic carbocycles. The van der Waals surface area contributed by atoms with E-state index in [-0.39, 0.29) is 6.04 Å². The first-order valence-electron chi connectivity index (χ1n) is 5.61. The lowest BCUT2D eigenvalue weighted by Gasteiger charge is -2.12. The molecule has 0 saturated carbocycles. The average Bonchev–Trinajstić information content (AvgIpc) is 2.97. The predicted molar refractivity (Wildman–Crippen MR) is 76.3 cm³/mol. The number of hydrogen-bond donors (Lipinski definition) is 1. The fourth-order valence-electron chi connectivity index (χ4n) is 1.74. The third-order valence-electron chi connectivity index (χ3n) is 2.62. The van der Waals surface area contributed by atoms with Crippen molar-refractivity contribution >= 4 is 38.7 Å². The first-order chi connectivity index (χ1) is 8.74. The largest absolute Gasteiger partial charge is 0.360 e. The van der Waals surface area contributed by atoms with Gasteiger partial charge in [0.15, 0.2) is 0 Å². The minimum atomic E-state index is 0.154. The van der Waals surface area contributed by atoms with Crippen LogP contribution < -0.4 is 5.32 Å². The van der Waals surface area contributed by atoms with Gasteiger partial charge in [-0.1, -0.05) is 0 Å². The van der Waals surface area contributed by atoms with E-state index < -0.39 is 0 Å². The second-order valence-corrected chi connectivity index (χ2v) is 6.20. The van der Waals surface area contributed by atoms with Gasteiger partial charge in [-0.05, 0) is 25.3 Å². The van der Waals surface area contributed by atoms with Crippen LogP contribution in [0, 0.1) is 6.92 Å². The molecular formula is C12H12N4S2. The zero-order chi connectivity index (χ0) is 12.5. The monoisotopic (exact) mass is 276 g/mol. The number of anilines is 1. The highest BCUT2D eigenvalue weighted by Crippen LogP contribution is 2.28. The normalized spacial score (nSPS) is 12.8. The Bertz CT molecular complexity index is 673. The molecule has 0 bridgehead atoms. The van der Waals surface area contributed by atoms with Crippen molar-refractivity contribution in [1.29, 1.82) is 0 Å². The molecular weight excluding hydrogens is 264 g/mol. The minimum Gasteiger partial charge on any atom is -0.360 e. The Morgan fingerprint density at radius 1 is 1.28 bits per heavy atom. The first-order valence-corrected chi connectivity index (χ1v) is 7.31. The molecule has 0 aliphatic heterocycles. The van der Waals surface area contributed by atoms with Crippen LogP contribution in [0.3, 0.4) is 0 Å². The Morgan fingerprint density at radius 2 is 2.17 bits per heavy atom. The van der Waals surface area contributed by atoms with Gasteiger partial charge < -0.3 is 5.32 Å². The molecule has 3 aromatic heterocycles. The molecule has 1 atom stereocenters. The number of nitrogens with one attached hydrogen (secondary N) is 1. The second kappa shape index (κ2) is 4.62. The van der Waals surface area contributed by atoms with Gasteiger partial charge in [0.25, 0.3) is 0 Å². The van der Waals surface area contributed by atoms with Crippen molar-refractivity contribution in [3.8, 4) is 0 Å². The lowest BCUT2D eigenvalue weighted by atomic mass is 10.3. The van der Waals surface area contributed by atoms with Crippen molar-refractivity contribution in [2.24, 2.45) is 0 Å². The molecule has 1 unspecified atom stereocenters. The summed E-state index contributed by atoms with van der Waals surface area (Å²) in [5.74, 6) is 0.876. The maximum Gasteiger partial charge on any atom is 0.138 e. The van der Waals surface area contributed by atoms with Gasteiger partial charge in [-0.2, -0.15) is 0 Å². The molecule has 0 aliphatic rings. The van der Waals surface area contributed by atoms with Gasteiger partial charge in [-0.3, -0.25) is 0 Å². The molecule has 0 aromatic carbocycles. The van der Waals surface area contributed by atoms with E-state index in [1.165, 1.54) is 4.88 Å². The molecule has 92 valence electrons. The lowest BCUT2D eigenvalue weighted by molar-refractivity contribution is 0.862. The van der Waals surface area contributed by atoms with Crippen molar-refractivity contribution in [3.63, 3.8) is 0 Å². The van der Waals surface area contributed by atoms with E-state index in [9.17, 15) is 0 Å². The van der Waals surface area contributed by atoms with Crippen LogP contribution in [0.4, 0.5) is 5.82 Å². The Morgan fingerprint density at radius 3 is 2.94 bits per heavy atom. The molecule has 6 heteroatoms. The van der Waals surface area contributed by atoms with E-state index in [2.05, 4.69) is 34.1 Å². The van der Waals surface area contributed by atoms with Crippen molar-refractivity contribution in [2.45, 2.75) is 19.9 Å². The zero-order valence-corrected chi connectivity index (χ0v) is 11.7. The van der Waals surface area contributed by atoms with Crippen LogP contribution in [-0.2, 0) is 0 Å². The van der Waals surface area contributed by atoms with E-state index in [1.807, 2.05) is 17.6 Å². The van der Waals surface area contributed by atoms with Crippen LogP contribution in [0.25, 0.3) is 10.2 Å². The van der Waals surface area contributed by atoms with Crippen LogP contribution in [0.5, 0.6) is 0 Å². The maximum atomic E-state index is 4.39. The quantitative estimate of drug-likeness (QED) is 0.793. The van der Waals surface area contributed by atoms with Crippen molar-refractivity contribution in [3.05, 3.63) is 33.9 Å². The molecule has 1 N–H and O–H groups in total. The van der Waals surface area contributed by atoms with E-state index in [1.54, 1.807) is 29.0 Å². The summed E-state index contributed by atoms with van der Waals surface area (Å²) < 4.78 is 0. The molecule has 3 rings (SSSR count). The SMILES string of the molecule is Cc1cnc(C(C)Nc2ncnc3sccc23)s1. The summed E-state index contributed by atoms with van der Waals surface area (Å²) in [7, 11) is 0. The summed E-state index contributed by atoms with van der Waals surface area (Å²) in [6.45, 7) is 4.16. The summed E-state index contributed by atoms with van der Waals surface area (Å²) in [6, 6.07) is 2.20. The van der Waals surface area contributed by atoms with Crippen LogP contribution in [-0.4, -0.2) is 15.0 Å². The number of fused-ring (bicyclic) bond motifs is 1. The Labute approximate surface area is 113 Å². The highest BCUT2D eigenvalue weighted by atomic mass is 32.1. The first kappa shape index (κ1) is 11.6. The summed E-state index contributed by atoms with van der Waals surface area (Å²) in [5, 5.41) is 7.58. The van der Waals surface area contributed by atoms with E-state index in [0.717, 1.165) is 21.0 Å². The number of aryl methyl sites for hydroxylation is 1. The molecule has 4 nitrogen and oxygen atoms in total. The molecule has 0 saturated heterocycles. The van der Waals surface area contributed by atoms with Gasteiger partial charge in [0.1, 0.15) is 22.0 Å². The summed E-state index contributed by atoms with van der Waals surface area (Å²) in [4.78, 5) is 15.2. The topological polar surface area (TPSA) is 50.7 Å². The fraction of sp³-hybridized carbons (Fsp3) is 0.250. The van der Waals surface area contributed by atoms with E-state index in [4.69, 9.17) is 0 Å². The minimum absolute atomic E-state index is 0.154. The third kappa shape index (κ3) is 2.09. The number of nitrogens with zero attached hydrogens (tertiary/aromatic N) is 3. The summed E-state index contributed by atoms with van der Waals surface area (Å²) in [6.07, 6.45) is 3.50. The van der Waals surface area contributed by atoms with Gasteiger partial charge in [0, 0.05) is 11.1 Å². The maximum absolute atomic E-state index is 4.39. The van der Waals surface area contributed by atoms with Crippen LogP contribution in [0.15, 0.2) is 24.0 Å². The molecule has 0 spiro atoms. The van der Waals surface area contributed by atoms with E-state index >= 15 is 0 Å². The Kier molecular flexibility index (Phi) is 2.97. The van der Waals surface area contributed by atoms with Crippen LogP contribution in [0.1, 0.15) is 22.9 Å². The molecule has 0 amide bonds. The van der Waals surface area contributed by atoms with Gasteiger partial charge in [-0.15, -0.1) is 22.7 Å². The molecule has 3 aromatic rings. The second-order valence-electron chi connectivity index (χ2n) is 4.04. The van der Waals surface area contributed by atoms with Gasteiger partial charge >= 0.3 is 0 Å². The molecule has 3 heterocycles. The summed E-state index contributed by atoms with van der Waals surface area (Å²) >= 11 is 3.33. The molecule has 0 fully saturated rings. The Balaban J connectivity index is 1.90. The average molecular weight is 276 g/mol. The van der Waals surface area contributed by atoms with Crippen LogP contribution in [0.2, 0.25) is 0 Å². The third-order valence-corrected chi connectivity index (χ3v) is 4.54. The van der Waals surface area contributed by atoms with Crippen molar-refractivity contribution < 1.29 is 0 Å². The standard InChI is InChI=1S/C12H12N4S2/c1-7-5-13-11(18-7)8(2)16-10-9-3-4-17-12(9)15-6-14-10/h3-6,8H,1-2H3,(H,14,15,16). The number of hydrogen-bond acceptors (Lipinski definition) is 6. The van der Waals surface area contributed by atoms with E-state index in [0.29, 0.717) is 0 Å². The zero-order valence-electron chi connectivity index (χ0n) is 10.0. The number of aromatic nitrogens is 3. The number of thiazole rings is 1. The van der Waals surface area contributed by atoms with Gasteiger partial charge in [-0.25, -0.2) is 15.0 Å². The fourth-order valence-corrected chi connectivity index (χ4v) is 3.25. The number of thiophene rings is 1. The Hall–Kier alpha value is -1.53. The van der Waals surface area contributed by atoms with Gasteiger partial charge in [0.2, 0.25) is 0 Å². The highest BCUT2D eigenvalue weighted by molar-refractivity contribution is 7.16. The molecule has 0 radical (unpaired) electrons. The number of rotatable bonds is 3. The predicted octanol–water partition coefficient (Wildman–Crippen LogP) is 3.63. The van der Waals surface area contributed by atoms with Crippen molar-refractivity contribution in [2.75, 3.05) is 5.32 Å². The smallest absolute Gasteiger partial charge is 0.138 e. The van der Waals surface area contributed by atoms with Crippen molar-refractivity contribution in [1.82, 2.24) is 15.0 Å².